The first-order valence-corrected chi connectivity index (χ1v) is 8.35. The number of hydrogen-bond acceptors (Lipinski definition) is 5. The molecule has 0 aliphatic rings. The zero-order valence-electron chi connectivity index (χ0n) is 13.6. The summed E-state index contributed by atoms with van der Waals surface area (Å²) in [6.45, 7) is 1.73. The summed E-state index contributed by atoms with van der Waals surface area (Å²) in [7, 11) is 0. The van der Waals surface area contributed by atoms with Crippen molar-refractivity contribution in [3.05, 3.63) is 70.0 Å². The van der Waals surface area contributed by atoms with Crippen LogP contribution in [0.3, 0.4) is 0 Å². The summed E-state index contributed by atoms with van der Waals surface area (Å²) in [6.07, 6.45) is 0. The van der Waals surface area contributed by atoms with Crippen LogP contribution in [0.4, 0.5) is 23.0 Å². The van der Waals surface area contributed by atoms with Crippen molar-refractivity contribution in [1.29, 1.82) is 0 Å². The number of benzene rings is 2. The van der Waals surface area contributed by atoms with Crippen LogP contribution in [0.2, 0.25) is 10.0 Å². The van der Waals surface area contributed by atoms with E-state index in [0.717, 1.165) is 0 Å². The largest absolute Gasteiger partial charge is 0.478 e. The molecule has 3 aromatic rings. The number of carboxylic acids is 1. The SMILES string of the molecule is Cc1nc(Nc2ccccc2C(=O)O)cc(Nc2c(Cl)cccc2Cl)n1. The molecule has 3 rings (SSSR count). The van der Waals surface area contributed by atoms with E-state index in [1.165, 1.54) is 6.07 Å². The number of aromatic carboxylic acids is 1. The van der Waals surface area contributed by atoms with Crippen molar-refractivity contribution in [2.45, 2.75) is 6.92 Å². The molecule has 0 radical (unpaired) electrons. The zero-order valence-corrected chi connectivity index (χ0v) is 15.1. The Kier molecular flexibility index (Phi) is 5.25. The standard InChI is InChI=1S/C18H14Cl2N4O2/c1-10-21-15(23-14-8-3-2-5-11(14)18(25)26)9-16(22-10)24-17-12(19)6-4-7-13(17)20/h2-9H,1H3,(H,25,26)(H2,21,22,23,24). The number of rotatable bonds is 5. The highest BCUT2D eigenvalue weighted by atomic mass is 35.5. The second-order valence-corrected chi connectivity index (χ2v) is 6.20. The van der Waals surface area contributed by atoms with Crippen molar-refractivity contribution < 1.29 is 9.90 Å². The summed E-state index contributed by atoms with van der Waals surface area (Å²) in [5.74, 6) is 0.383. The van der Waals surface area contributed by atoms with E-state index in [1.807, 2.05) is 0 Å². The van der Waals surface area contributed by atoms with E-state index in [9.17, 15) is 9.90 Å². The monoisotopic (exact) mass is 388 g/mol. The molecule has 0 fully saturated rings. The third-order valence-electron chi connectivity index (χ3n) is 3.47. The van der Waals surface area contributed by atoms with Crippen molar-refractivity contribution in [1.82, 2.24) is 9.97 Å². The van der Waals surface area contributed by atoms with Gasteiger partial charge in [-0.3, -0.25) is 0 Å². The first-order valence-electron chi connectivity index (χ1n) is 7.60. The van der Waals surface area contributed by atoms with Crippen LogP contribution < -0.4 is 10.6 Å². The highest BCUT2D eigenvalue weighted by Gasteiger charge is 2.12. The van der Waals surface area contributed by atoms with Crippen LogP contribution in [0, 0.1) is 6.92 Å². The molecule has 0 atom stereocenters. The highest BCUT2D eigenvalue weighted by Crippen LogP contribution is 2.32. The van der Waals surface area contributed by atoms with E-state index in [2.05, 4.69) is 20.6 Å². The Morgan fingerprint density at radius 2 is 1.58 bits per heavy atom. The summed E-state index contributed by atoms with van der Waals surface area (Å²) in [5.41, 5.74) is 1.11. The number of para-hydroxylation sites is 2. The fraction of sp³-hybridized carbons (Fsp3) is 0.0556. The van der Waals surface area contributed by atoms with Crippen molar-refractivity contribution >= 4 is 52.2 Å². The van der Waals surface area contributed by atoms with Gasteiger partial charge in [-0.25, -0.2) is 14.8 Å². The van der Waals surface area contributed by atoms with Gasteiger partial charge >= 0.3 is 5.97 Å². The summed E-state index contributed by atoms with van der Waals surface area (Å²) < 4.78 is 0. The average molecular weight is 389 g/mol. The van der Waals surface area contributed by atoms with E-state index in [0.29, 0.717) is 38.9 Å². The lowest BCUT2D eigenvalue weighted by Gasteiger charge is -2.13. The number of anilines is 4. The lowest BCUT2D eigenvalue weighted by atomic mass is 10.2. The van der Waals surface area contributed by atoms with Crippen LogP contribution in [0.5, 0.6) is 0 Å². The van der Waals surface area contributed by atoms with Crippen LogP contribution in [-0.4, -0.2) is 21.0 Å². The van der Waals surface area contributed by atoms with Crippen molar-refractivity contribution in [3.63, 3.8) is 0 Å². The first kappa shape index (κ1) is 18.0. The van der Waals surface area contributed by atoms with Crippen molar-refractivity contribution in [2.75, 3.05) is 10.6 Å². The minimum Gasteiger partial charge on any atom is -0.478 e. The van der Waals surface area contributed by atoms with Crippen LogP contribution in [-0.2, 0) is 0 Å². The molecule has 2 aromatic carbocycles. The number of hydrogen-bond donors (Lipinski definition) is 3. The maximum absolute atomic E-state index is 11.3. The van der Waals surface area contributed by atoms with E-state index in [4.69, 9.17) is 23.2 Å². The molecule has 0 amide bonds. The molecular weight excluding hydrogens is 375 g/mol. The number of nitrogens with zero attached hydrogens (tertiary/aromatic N) is 2. The second kappa shape index (κ2) is 7.59. The van der Waals surface area contributed by atoms with Gasteiger partial charge in [0.25, 0.3) is 0 Å². The summed E-state index contributed by atoms with van der Waals surface area (Å²) in [6, 6.07) is 13.4. The molecule has 132 valence electrons. The van der Waals surface area contributed by atoms with Crippen molar-refractivity contribution in [2.24, 2.45) is 0 Å². The average Bonchev–Trinajstić information content (AvgIpc) is 2.58. The third kappa shape index (κ3) is 4.04. The van der Waals surface area contributed by atoms with Crippen LogP contribution in [0.25, 0.3) is 0 Å². The van der Waals surface area contributed by atoms with Gasteiger partial charge in [0, 0.05) is 6.07 Å². The number of aromatic nitrogens is 2. The quantitative estimate of drug-likeness (QED) is 0.551. The van der Waals surface area contributed by atoms with Gasteiger partial charge in [-0.15, -0.1) is 0 Å². The second-order valence-electron chi connectivity index (χ2n) is 5.38. The normalized spacial score (nSPS) is 10.4. The Balaban J connectivity index is 1.93. The number of carboxylic acid groups (broad SMARTS) is 1. The Bertz CT molecular complexity index is 959. The fourth-order valence-corrected chi connectivity index (χ4v) is 2.85. The van der Waals surface area contributed by atoms with Crippen molar-refractivity contribution in [3.8, 4) is 0 Å². The molecule has 0 aliphatic carbocycles. The van der Waals surface area contributed by atoms with Gasteiger partial charge in [-0.1, -0.05) is 41.4 Å². The summed E-state index contributed by atoms with van der Waals surface area (Å²) >= 11 is 12.3. The lowest BCUT2D eigenvalue weighted by Crippen LogP contribution is -2.05. The fourth-order valence-electron chi connectivity index (χ4n) is 2.36. The highest BCUT2D eigenvalue weighted by molar-refractivity contribution is 6.39. The van der Waals surface area contributed by atoms with Gasteiger partial charge < -0.3 is 15.7 Å². The minimum absolute atomic E-state index is 0.146. The van der Waals surface area contributed by atoms with Gasteiger partial charge in [-0.2, -0.15) is 0 Å². The summed E-state index contributed by atoms with van der Waals surface area (Å²) in [5, 5.41) is 16.3. The molecule has 0 bridgehead atoms. The zero-order chi connectivity index (χ0) is 18.7. The molecule has 1 heterocycles. The van der Waals surface area contributed by atoms with Gasteiger partial charge in [0.1, 0.15) is 17.5 Å². The molecule has 0 aliphatic heterocycles. The van der Waals surface area contributed by atoms with Gasteiger partial charge in [-0.05, 0) is 31.2 Å². The molecule has 0 saturated heterocycles. The number of halogens is 2. The van der Waals surface area contributed by atoms with Gasteiger partial charge in [0.15, 0.2) is 0 Å². The molecular formula is C18H14Cl2N4O2. The van der Waals surface area contributed by atoms with Gasteiger partial charge in [0.2, 0.25) is 0 Å². The Hall–Kier alpha value is -2.83. The Morgan fingerprint density at radius 3 is 2.23 bits per heavy atom. The lowest BCUT2D eigenvalue weighted by molar-refractivity contribution is 0.0698. The van der Waals surface area contributed by atoms with Crippen LogP contribution >= 0.6 is 23.2 Å². The predicted molar refractivity (Wildman–Crippen MR) is 103 cm³/mol. The van der Waals surface area contributed by atoms with E-state index in [1.54, 1.807) is 49.4 Å². The topological polar surface area (TPSA) is 87.1 Å². The molecule has 3 N–H and O–H groups in total. The molecule has 1 aromatic heterocycles. The third-order valence-corrected chi connectivity index (χ3v) is 4.10. The minimum atomic E-state index is -1.03. The first-order chi connectivity index (χ1) is 12.4. The molecule has 0 saturated carbocycles. The molecule has 0 spiro atoms. The maximum Gasteiger partial charge on any atom is 0.337 e. The predicted octanol–water partition coefficient (Wildman–Crippen LogP) is 5.28. The van der Waals surface area contributed by atoms with Crippen LogP contribution in [0.15, 0.2) is 48.5 Å². The van der Waals surface area contributed by atoms with E-state index in [-0.39, 0.29) is 5.56 Å². The van der Waals surface area contributed by atoms with Gasteiger partial charge in [0.05, 0.1) is 27.0 Å². The van der Waals surface area contributed by atoms with Crippen LogP contribution in [0.1, 0.15) is 16.2 Å². The molecule has 6 nitrogen and oxygen atoms in total. The molecule has 26 heavy (non-hydrogen) atoms. The number of nitrogens with one attached hydrogen (secondary N) is 2. The Morgan fingerprint density at radius 1 is 0.962 bits per heavy atom. The van der Waals surface area contributed by atoms with E-state index < -0.39 is 5.97 Å². The molecule has 0 unspecified atom stereocenters. The number of aryl methyl sites for hydroxylation is 1. The molecule has 8 heteroatoms. The summed E-state index contributed by atoms with van der Waals surface area (Å²) in [4.78, 5) is 20.0. The smallest absolute Gasteiger partial charge is 0.337 e. The Labute approximate surface area is 159 Å². The van der Waals surface area contributed by atoms with E-state index >= 15 is 0 Å². The number of carbonyl (C=O) groups is 1. The maximum atomic E-state index is 11.3.